The molecule has 2 aromatic rings. The Kier molecular flexibility index (Phi) is 8.31. The third-order valence-electron chi connectivity index (χ3n) is 3.30. The van der Waals surface area contributed by atoms with Crippen molar-refractivity contribution in [1.82, 2.24) is 0 Å². The molecule has 0 aliphatic carbocycles. The Balaban J connectivity index is 0.00000364. The predicted molar refractivity (Wildman–Crippen MR) is 94.8 cm³/mol. The molecule has 0 aliphatic rings. The molecule has 0 bridgehead atoms. The molecule has 10 heteroatoms. The Hall–Kier alpha value is -1.13. The second-order valence-corrected chi connectivity index (χ2v) is 7.69. The molecule has 0 spiro atoms. The zero-order valence-electron chi connectivity index (χ0n) is 14.3. The van der Waals surface area contributed by atoms with Gasteiger partial charge in [0.15, 0.2) is 0 Å². The van der Waals surface area contributed by atoms with Crippen LogP contribution in [0, 0.1) is 6.92 Å². The normalized spacial score (nSPS) is 12.9. The maximum atomic E-state index is 12.5. The predicted octanol–water partition coefficient (Wildman–Crippen LogP) is 0.888. The van der Waals surface area contributed by atoms with Gasteiger partial charge in [0, 0.05) is 10.4 Å². The molecule has 0 fully saturated rings. The van der Waals surface area contributed by atoms with Gasteiger partial charge in [-0.1, -0.05) is 34.1 Å². The van der Waals surface area contributed by atoms with Gasteiger partial charge >= 0.3 is 35.7 Å². The van der Waals surface area contributed by atoms with Crippen LogP contribution in [-0.2, 0) is 16.2 Å². The Bertz CT molecular complexity index is 972. The third-order valence-corrected chi connectivity index (χ3v) is 4.69. The van der Waals surface area contributed by atoms with E-state index in [1.54, 1.807) is 19.1 Å². The number of aryl methyl sites for hydroxylation is 1. The van der Waals surface area contributed by atoms with Crippen molar-refractivity contribution >= 4 is 37.9 Å². The summed E-state index contributed by atoms with van der Waals surface area (Å²) >= 11 is 3.23. The van der Waals surface area contributed by atoms with Crippen LogP contribution >= 0.6 is 15.9 Å². The second-order valence-electron chi connectivity index (χ2n) is 5.29. The number of nitrogens with zero attached hydrogens (tertiary/aromatic N) is 1. The van der Waals surface area contributed by atoms with Crippen molar-refractivity contribution < 1.29 is 56.3 Å². The standard InChI is InChI=1S/C17H13BrF3NO3S.Na/c1-11-10-14(18)6-7-15(11)16(23)22-26(24,25)9-8-12-2-4-13(5-3-12)17(19,20)21;/h2-10H,1H3,(H,22,23);/q;+1/p-1/b9-8+;. The van der Waals surface area contributed by atoms with Gasteiger partial charge in [-0.2, -0.15) is 26.0 Å². The first-order chi connectivity index (χ1) is 12.0. The number of alkyl halides is 3. The van der Waals surface area contributed by atoms with Gasteiger partial charge in [-0.25, -0.2) is 0 Å². The molecule has 4 nitrogen and oxygen atoms in total. The van der Waals surface area contributed by atoms with E-state index in [-0.39, 0.29) is 40.7 Å². The minimum Gasteiger partial charge on any atom is -0.858 e. The van der Waals surface area contributed by atoms with E-state index in [1.807, 2.05) is 0 Å². The molecule has 0 aromatic heterocycles. The summed E-state index contributed by atoms with van der Waals surface area (Å²) in [6.07, 6.45) is -3.40. The smallest absolute Gasteiger partial charge is 0.858 e. The summed E-state index contributed by atoms with van der Waals surface area (Å²) in [6, 6.07) is 8.58. The molecule has 0 atom stereocenters. The van der Waals surface area contributed by atoms with Gasteiger partial charge in [0.05, 0.1) is 11.0 Å². The molecule has 0 unspecified atom stereocenters. The van der Waals surface area contributed by atoms with Crippen molar-refractivity contribution in [3.8, 4) is 0 Å². The minimum absolute atomic E-state index is 0. The van der Waals surface area contributed by atoms with Gasteiger partial charge in [-0.3, -0.25) is 0 Å². The summed E-state index contributed by atoms with van der Waals surface area (Å²) in [5, 5.41) is 12.7. The molecule has 0 aliphatic heterocycles. The monoisotopic (exact) mass is 469 g/mol. The quantitative estimate of drug-likeness (QED) is 0.379. The van der Waals surface area contributed by atoms with E-state index in [9.17, 15) is 26.7 Å². The molecule has 0 saturated carbocycles. The maximum Gasteiger partial charge on any atom is 1.00 e. The number of benzene rings is 2. The van der Waals surface area contributed by atoms with Crippen LogP contribution < -0.4 is 34.7 Å². The van der Waals surface area contributed by atoms with Gasteiger partial charge < -0.3 is 5.11 Å². The summed E-state index contributed by atoms with van der Waals surface area (Å²) in [5.74, 6) is -0.924. The molecule has 0 saturated heterocycles. The fourth-order valence-corrected chi connectivity index (χ4v) is 3.20. The molecule has 2 aromatic carbocycles. The molecule has 27 heavy (non-hydrogen) atoms. The van der Waals surface area contributed by atoms with Crippen LogP contribution in [0.5, 0.6) is 0 Å². The molecule has 138 valence electrons. The van der Waals surface area contributed by atoms with Crippen LogP contribution in [0.3, 0.4) is 0 Å². The number of halogens is 4. The van der Waals surface area contributed by atoms with Crippen molar-refractivity contribution in [2.75, 3.05) is 0 Å². The summed E-state index contributed by atoms with van der Waals surface area (Å²) in [6.45, 7) is 1.64. The van der Waals surface area contributed by atoms with E-state index in [4.69, 9.17) is 0 Å². The Labute approximate surface area is 185 Å². The topological polar surface area (TPSA) is 69.6 Å². The molecular formula is C17H12BrF3NNaO3S. The summed E-state index contributed by atoms with van der Waals surface area (Å²) in [4.78, 5) is 0. The Morgan fingerprint density at radius 1 is 1.15 bits per heavy atom. The second kappa shape index (κ2) is 9.38. The molecular weight excluding hydrogens is 458 g/mol. The van der Waals surface area contributed by atoms with Crippen LogP contribution in [0.15, 0.2) is 56.7 Å². The molecule has 0 radical (unpaired) electrons. The molecule has 2 rings (SSSR count). The van der Waals surface area contributed by atoms with Crippen molar-refractivity contribution in [1.29, 1.82) is 0 Å². The van der Waals surface area contributed by atoms with Crippen molar-refractivity contribution in [2.24, 2.45) is 4.40 Å². The van der Waals surface area contributed by atoms with Crippen molar-refractivity contribution in [3.05, 3.63) is 74.6 Å². The van der Waals surface area contributed by atoms with Gasteiger partial charge in [0.2, 0.25) is 0 Å². The van der Waals surface area contributed by atoms with E-state index < -0.39 is 27.7 Å². The average molecular weight is 470 g/mol. The number of hydrogen-bond donors (Lipinski definition) is 0. The van der Waals surface area contributed by atoms with Gasteiger partial charge in [-0.15, -0.1) is 0 Å². The van der Waals surface area contributed by atoms with Gasteiger partial charge in [-0.05, 0) is 54.0 Å². The van der Waals surface area contributed by atoms with E-state index in [2.05, 4.69) is 20.3 Å². The van der Waals surface area contributed by atoms with Crippen LogP contribution in [0.25, 0.3) is 6.08 Å². The maximum absolute atomic E-state index is 12.5. The van der Waals surface area contributed by atoms with E-state index in [1.165, 1.54) is 6.07 Å². The van der Waals surface area contributed by atoms with Crippen LogP contribution in [0.4, 0.5) is 13.2 Å². The number of sulfonamides is 1. The first-order valence-corrected chi connectivity index (χ1v) is 9.41. The fraction of sp³-hybridized carbons (Fsp3) is 0.118. The molecule has 0 amide bonds. The van der Waals surface area contributed by atoms with Crippen LogP contribution in [0.1, 0.15) is 22.3 Å². The Morgan fingerprint density at radius 3 is 2.26 bits per heavy atom. The first-order valence-electron chi connectivity index (χ1n) is 7.12. The van der Waals surface area contributed by atoms with Crippen molar-refractivity contribution in [3.63, 3.8) is 0 Å². The largest absolute Gasteiger partial charge is 1.00 e. The average Bonchev–Trinajstić information content (AvgIpc) is 2.52. The minimum atomic E-state index is -4.47. The summed E-state index contributed by atoms with van der Waals surface area (Å²) < 4.78 is 65.2. The molecule has 0 heterocycles. The van der Waals surface area contributed by atoms with Gasteiger partial charge in [0.25, 0.3) is 10.0 Å². The van der Waals surface area contributed by atoms with Crippen molar-refractivity contribution in [2.45, 2.75) is 13.1 Å². The van der Waals surface area contributed by atoms with E-state index in [0.29, 0.717) is 11.0 Å². The molecule has 0 N–H and O–H groups in total. The summed E-state index contributed by atoms with van der Waals surface area (Å²) in [7, 11) is -4.23. The first kappa shape index (κ1) is 23.9. The zero-order chi connectivity index (χ0) is 19.5. The number of rotatable bonds is 4. The van der Waals surface area contributed by atoms with E-state index >= 15 is 0 Å². The summed E-state index contributed by atoms with van der Waals surface area (Å²) in [5.41, 5.74) is 0.0712. The zero-order valence-corrected chi connectivity index (χ0v) is 18.7. The third kappa shape index (κ3) is 7.08. The van der Waals surface area contributed by atoms with Crippen LogP contribution in [-0.4, -0.2) is 14.3 Å². The number of hydrogen-bond acceptors (Lipinski definition) is 3. The van der Waals surface area contributed by atoms with Crippen LogP contribution in [0.2, 0.25) is 0 Å². The SMILES string of the molecule is Cc1cc(Br)ccc1/C([O-])=N/S(=O)(=O)/C=C/c1ccc(C(F)(F)F)cc1.[Na+]. The van der Waals surface area contributed by atoms with E-state index in [0.717, 1.165) is 34.8 Å². The Morgan fingerprint density at radius 2 is 1.74 bits per heavy atom. The fourth-order valence-electron chi connectivity index (χ4n) is 2.01. The van der Waals surface area contributed by atoms with Gasteiger partial charge in [0.1, 0.15) is 0 Å².